The maximum absolute atomic E-state index is 6.15. The molecule has 0 aromatic heterocycles. The minimum atomic E-state index is 0.143. The number of nitrogens with one attached hydrogen (secondary N) is 2. The number of hydrogen-bond donors (Lipinski definition) is 2. The van der Waals surface area contributed by atoms with E-state index in [-0.39, 0.29) is 6.10 Å². The van der Waals surface area contributed by atoms with E-state index in [2.05, 4.69) is 75.1 Å². The number of benzene rings is 2. The monoisotopic (exact) mass is 436 g/mol. The summed E-state index contributed by atoms with van der Waals surface area (Å²) in [5.74, 6) is 1.27. The van der Waals surface area contributed by atoms with Crippen molar-refractivity contribution in [2.75, 3.05) is 46.5 Å². The molecule has 2 fully saturated rings. The first kappa shape index (κ1) is 22.8. The summed E-state index contributed by atoms with van der Waals surface area (Å²) in [4.78, 5) is 6.92. The van der Waals surface area contributed by atoms with Gasteiger partial charge in [0.15, 0.2) is 5.96 Å². The SMILES string of the molecule is CN=C(NCc1ccccc1CN1CCOCC1)NCC1CCCOC1c1ccccc1. The van der Waals surface area contributed by atoms with Crippen molar-refractivity contribution in [3.8, 4) is 0 Å². The van der Waals surface area contributed by atoms with E-state index in [9.17, 15) is 0 Å². The van der Waals surface area contributed by atoms with E-state index in [0.717, 1.165) is 71.3 Å². The lowest BCUT2D eigenvalue weighted by Gasteiger charge is -2.32. The Morgan fingerprint density at radius 2 is 1.72 bits per heavy atom. The van der Waals surface area contributed by atoms with Crippen LogP contribution in [-0.4, -0.2) is 57.4 Å². The van der Waals surface area contributed by atoms with Crippen LogP contribution in [0.4, 0.5) is 0 Å². The molecule has 2 unspecified atom stereocenters. The Bertz CT molecular complexity index is 852. The summed E-state index contributed by atoms with van der Waals surface area (Å²) in [6, 6.07) is 19.2. The Labute approximate surface area is 192 Å². The molecule has 0 radical (unpaired) electrons. The fraction of sp³-hybridized carbons (Fsp3) is 0.500. The number of ether oxygens (including phenoxy) is 2. The summed E-state index contributed by atoms with van der Waals surface area (Å²) >= 11 is 0. The van der Waals surface area contributed by atoms with Crippen LogP contribution in [0.15, 0.2) is 59.6 Å². The maximum Gasteiger partial charge on any atom is 0.191 e. The smallest absolute Gasteiger partial charge is 0.191 e. The molecule has 2 saturated heterocycles. The molecule has 2 N–H and O–H groups in total. The van der Waals surface area contributed by atoms with Crippen LogP contribution < -0.4 is 10.6 Å². The molecule has 0 amide bonds. The van der Waals surface area contributed by atoms with Gasteiger partial charge in [0.05, 0.1) is 19.3 Å². The topological polar surface area (TPSA) is 58.1 Å². The Kier molecular flexibility index (Phi) is 8.54. The molecule has 6 heteroatoms. The van der Waals surface area contributed by atoms with Crippen molar-refractivity contribution in [3.05, 3.63) is 71.3 Å². The highest BCUT2D eigenvalue weighted by Gasteiger charge is 2.27. The van der Waals surface area contributed by atoms with E-state index >= 15 is 0 Å². The van der Waals surface area contributed by atoms with Gasteiger partial charge in [-0.15, -0.1) is 0 Å². The Morgan fingerprint density at radius 1 is 0.969 bits per heavy atom. The molecule has 0 aliphatic carbocycles. The van der Waals surface area contributed by atoms with Gasteiger partial charge in [-0.2, -0.15) is 0 Å². The van der Waals surface area contributed by atoms with Crippen molar-refractivity contribution in [3.63, 3.8) is 0 Å². The van der Waals surface area contributed by atoms with Crippen LogP contribution in [-0.2, 0) is 22.6 Å². The first-order valence-electron chi connectivity index (χ1n) is 11.8. The molecular weight excluding hydrogens is 400 g/mol. The minimum Gasteiger partial charge on any atom is -0.379 e. The van der Waals surface area contributed by atoms with E-state index < -0.39 is 0 Å². The summed E-state index contributed by atoms with van der Waals surface area (Å²) in [6.45, 7) is 7.04. The molecule has 2 aromatic carbocycles. The van der Waals surface area contributed by atoms with E-state index in [4.69, 9.17) is 9.47 Å². The van der Waals surface area contributed by atoms with Gasteiger partial charge in [-0.05, 0) is 29.5 Å². The van der Waals surface area contributed by atoms with Crippen LogP contribution in [0.1, 0.15) is 35.6 Å². The average Bonchev–Trinajstić information content (AvgIpc) is 2.86. The largest absolute Gasteiger partial charge is 0.379 e. The van der Waals surface area contributed by atoms with Crippen LogP contribution in [0.3, 0.4) is 0 Å². The summed E-state index contributed by atoms with van der Waals surface area (Å²) in [6.07, 6.45) is 2.41. The number of nitrogens with zero attached hydrogens (tertiary/aromatic N) is 2. The Hall–Kier alpha value is -2.41. The fourth-order valence-corrected chi connectivity index (χ4v) is 4.58. The lowest BCUT2D eigenvalue weighted by atomic mass is 9.89. The highest BCUT2D eigenvalue weighted by atomic mass is 16.5. The Morgan fingerprint density at radius 3 is 2.50 bits per heavy atom. The quantitative estimate of drug-likeness (QED) is 0.515. The van der Waals surface area contributed by atoms with Gasteiger partial charge in [-0.1, -0.05) is 54.6 Å². The summed E-state index contributed by atoms with van der Waals surface area (Å²) in [5, 5.41) is 7.05. The molecular formula is C26H36N4O2. The third kappa shape index (κ3) is 6.31. The van der Waals surface area contributed by atoms with Crippen molar-refractivity contribution in [1.29, 1.82) is 0 Å². The van der Waals surface area contributed by atoms with Crippen LogP contribution >= 0.6 is 0 Å². The molecule has 172 valence electrons. The molecule has 0 bridgehead atoms. The second kappa shape index (κ2) is 12.0. The van der Waals surface area contributed by atoms with Crippen molar-refractivity contribution in [1.82, 2.24) is 15.5 Å². The maximum atomic E-state index is 6.15. The molecule has 2 heterocycles. The number of morpholine rings is 1. The van der Waals surface area contributed by atoms with E-state index in [1.807, 2.05) is 7.05 Å². The molecule has 2 atom stereocenters. The molecule has 2 aliphatic rings. The van der Waals surface area contributed by atoms with Crippen LogP contribution in [0.5, 0.6) is 0 Å². The van der Waals surface area contributed by atoms with E-state index in [1.165, 1.54) is 16.7 Å². The number of hydrogen-bond acceptors (Lipinski definition) is 4. The standard InChI is InChI=1S/C26H36N4O2/c1-27-26(29-19-23-12-7-15-32-25(23)21-8-3-2-4-9-21)28-18-22-10-5-6-11-24(22)20-30-13-16-31-17-14-30/h2-6,8-11,23,25H,7,12-20H2,1H3,(H2,27,28,29). The van der Waals surface area contributed by atoms with Crippen molar-refractivity contribution in [2.45, 2.75) is 32.0 Å². The van der Waals surface area contributed by atoms with Crippen molar-refractivity contribution < 1.29 is 9.47 Å². The van der Waals surface area contributed by atoms with E-state index in [0.29, 0.717) is 5.92 Å². The van der Waals surface area contributed by atoms with Gasteiger partial charge in [0.2, 0.25) is 0 Å². The first-order chi connectivity index (χ1) is 15.8. The molecule has 2 aliphatic heterocycles. The zero-order valence-corrected chi connectivity index (χ0v) is 19.1. The van der Waals surface area contributed by atoms with Crippen molar-refractivity contribution in [2.24, 2.45) is 10.9 Å². The van der Waals surface area contributed by atoms with Crippen LogP contribution in [0.25, 0.3) is 0 Å². The van der Waals surface area contributed by atoms with Gasteiger partial charge in [-0.25, -0.2) is 0 Å². The number of aliphatic imine (C=N–C) groups is 1. The predicted molar refractivity (Wildman–Crippen MR) is 129 cm³/mol. The zero-order chi connectivity index (χ0) is 22.0. The molecule has 4 rings (SSSR count). The normalized spacial score (nSPS) is 22.5. The van der Waals surface area contributed by atoms with Crippen molar-refractivity contribution >= 4 is 5.96 Å². The third-order valence-electron chi connectivity index (χ3n) is 6.39. The van der Waals surface area contributed by atoms with Gasteiger partial charge in [0.1, 0.15) is 0 Å². The van der Waals surface area contributed by atoms with Gasteiger partial charge in [0, 0.05) is 52.3 Å². The fourth-order valence-electron chi connectivity index (χ4n) is 4.58. The highest BCUT2D eigenvalue weighted by molar-refractivity contribution is 5.79. The summed E-state index contributed by atoms with van der Waals surface area (Å²) < 4.78 is 11.6. The minimum absolute atomic E-state index is 0.143. The molecule has 32 heavy (non-hydrogen) atoms. The molecule has 2 aromatic rings. The second-order valence-corrected chi connectivity index (χ2v) is 8.57. The molecule has 0 saturated carbocycles. The predicted octanol–water partition coefficient (Wildman–Crippen LogP) is 3.35. The summed E-state index contributed by atoms with van der Waals surface area (Å²) in [5.41, 5.74) is 3.94. The second-order valence-electron chi connectivity index (χ2n) is 8.57. The van der Waals surface area contributed by atoms with Crippen LogP contribution in [0, 0.1) is 5.92 Å². The van der Waals surface area contributed by atoms with E-state index in [1.54, 1.807) is 0 Å². The van der Waals surface area contributed by atoms with Gasteiger partial charge >= 0.3 is 0 Å². The lowest BCUT2D eigenvalue weighted by molar-refractivity contribution is -0.0265. The average molecular weight is 437 g/mol. The number of rotatable bonds is 7. The molecule has 0 spiro atoms. The number of guanidine groups is 1. The zero-order valence-electron chi connectivity index (χ0n) is 19.1. The third-order valence-corrected chi connectivity index (χ3v) is 6.39. The van der Waals surface area contributed by atoms with Gasteiger partial charge in [0.25, 0.3) is 0 Å². The Balaban J connectivity index is 1.31. The highest BCUT2D eigenvalue weighted by Crippen LogP contribution is 2.33. The molecule has 6 nitrogen and oxygen atoms in total. The van der Waals surface area contributed by atoms with Gasteiger partial charge < -0.3 is 20.1 Å². The first-order valence-corrected chi connectivity index (χ1v) is 11.8. The summed E-state index contributed by atoms with van der Waals surface area (Å²) in [7, 11) is 1.83. The van der Waals surface area contributed by atoms with Crippen LogP contribution in [0.2, 0.25) is 0 Å². The van der Waals surface area contributed by atoms with Gasteiger partial charge in [-0.3, -0.25) is 9.89 Å². The lowest BCUT2D eigenvalue weighted by Crippen LogP contribution is -2.42.